The van der Waals surface area contributed by atoms with Gasteiger partial charge >= 0.3 is 0 Å². The first-order chi connectivity index (χ1) is 19.6. The Morgan fingerprint density at radius 1 is 0.927 bits per heavy atom. The minimum Gasteiger partial charge on any atom is -0.352 e. The fraction of sp³-hybridized carbons (Fsp3) is 0.355. The molecule has 1 saturated carbocycles. The summed E-state index contributed by atoms with van der Waals surface area (Å²) >= 11 is 3.40. The fourth-order valence-electron chi connectivity index (χ4n) is 5.13. The first-order valence-corrected chi connectivity index (χ1v) is 16.4. The third-order valence-corrected chi connectivity index (χ3v) is 9.09. The molecule has 0 heterocycles. The number of nitrogens with zero attached hydrogens (tertiary/aromatic N) is 2. The van der Waals surface area contributed by atoms with Gasteiger partial charge in [-0.2, -0.15) is 0 Å². The molecule has 4 rings (SSSR count). The van der Waals surface area contributed by atoms with Gasteiger partial charge < -0.3 is 10.2 Å². The van der Waals surface area contributed by atoms with Crippen molar-refractivity contribution in [1.82, 2.24) is 10.2 Å². The fourth-order valence-corrected chi connectivity index (χ4v) is 6.61. The Hall–Kier alpha value is -3.24. The average molecular weight is 645 g/mol. The number of para-hydroxylation sites is 1. The molecule has 1 N–H and O–H groups in total. The predicted molar refractivity (Wildman–Crippen MR) is 162 cm³/mol. The van der Waals surface area contributed by atoms with Crippen LogP contribution in [0.3, 0.4) is 0 Å². The Balaban J connectivity index is 1.72. The van der Waals surface area contributed by atoms with Crippen LogP contribution in [0, 0.1) is 5.82 Å². The van der Waals surface area contributed by atoms with Gasteiger partial charge in [0.05, 0.1) is 11.9 Å². The molecule has 7 nitrogen and oxygen atoms in total. The highest BCUT2D eigenvalue weighted by molar-refractivity contribution is 9.10. The Bertz CT molecular complexity index is 1430. The molecule has 10 heteroatoms. The van der Waals surface area contributed by atoms with E-state index in [1.54, 1.807) is 36.4 Å². The smallest absolute Gasteiger partial charge is 0.244 e. The topological polar surface area (TPSA) is 86.8 Å². The number of hydrogen-bond donors (Lipinski definition) is 1. The van der Waals surface area contributed by atoms with Crippen molar-refractivity contribution in [3.05, 3.63) is 100 Å². The number of rotatable bonds is 11. The molecule has 1 aliphatic carbocycles. The maximum atomic E-state index is 14.1. The van der Waals surface area contributed by atoms with E-state index in [4.69, 9.17) is 0 Å². The van der Waals surface area contributed by atoms with Crippen LogP contribution in [0.15, 0.2) is 83.3 Å². The summed E-state index contributed by atoms with van der Waals surface area (Å²) in [6.45, 7) is -0.507. The first-order valence-electron chi connectivity index (χ1n) is 13.7. The molecule has 0 radical (unpaired) electrons. The normalized spacial score (nSPS) is 14.7. The summed E-state index contributed by atoms with van der Waals surface area (Å²) in [6.07, 6.45) is 6.22. The molecule has 218 valence electrons. The average Bonchev–Trinajstić information content (AvgIpc) is 2.95. The molecular weight excluding hydrogens is 609 g/mol. The summed E-state index contributed by atoms with van der Waals surface area (Å²) < 4.78 is 41.1. The van der Waals surface area contributed by atoms with Crippen LogP contribution in [0.5, 0.6) is 0 Å². The number of hydrogen-bond acceptors (Lipinski definition) is 4. The number of anilines is 1. The molecule has 1 unspecified atom stereocenters. The SMILES string of the molecule is CS(=O)(=O)N(CC(=O)N(Cc1ccc(F)cc1)C(Cc1ccccc1)C(=O)NC1CCCCC1)c1ccccc1Br. The second kappa shape index (κ2) is 14.1. The number of nitrogens with one attached hydrogen (secondary N) is 1. The van der Waals surface area contributed by atoms with E-state index in [0.29, 0.717) is 15.7 Å². The lowest BCUT2D eigenvalue weighted by molar-refractivity contribution is -0.140. The second-order valence-corrected chi connectivity index (χ2v) is 13.2. The van der Waals surface area contributed by atoms with E-state index in [1.807, 2.05) is 30.3 Å². The summed E-state index contributed by atoms with van der Waals surface area (Å²) in [5.74, 6) is -1.25. The summed E-state index contributed by atoms with van der Waals surface area (Å²) in [4.78, 5) is 29.5. The molecule has 3 aromatic carbocycles. The van der Waals surface area contributed by atoms with Crippen LogP contribution < -0.4 is 9.62 Å². The minimum absolute atomic E-state index is 0.00224. The lowest BCUT2D eigenvalue weighted by atomic mass is 9.94. The summed E-state index contributed by atoms with van der Waals surface area (Å²) in [5, 5.41) is 3.16. The van der Waals surface area contributed by atoms with Gasteiger partial charge in [-0.1, -0.05) is 73.9 Å². The molecule has 0 saturated heterocycles. The maximum absolute atomic E-state index is 14.1. The van der Waals surface area contributed by atoms with Crippen molar-refractivity contribution in [2.24, 2.45) is 0 Å². The highest BCUT2D eigenvalue weighted by Gasteiger charge is 2.34. The largest absolute Gasteiger partial charge is 0.352 e. The molecule has 1 atom stereocenters. The molecule has 3 aromatic rings. The zero-order valence-corrected chi connectivity index (χ0v) is 25.4. The summed E-state index contributed by atoms with van der Waals surface area (Å²) in [6, 6.07) is 21.0. The van der Waals surface area contributed by atoms with Crippen LogP contribution in [0.4, 0.5) is 10.1 Å². The number of benzene rings is 3. The van der Waals surface area contributed by atoms with E-state index < -0.39 is 34.3 Å². The molecule has 2 amide bonds. The molecule has 0 aliphatic heterocycles. The quantitative estimate of drug-likeness (QED) is 0.301. The number of carbonyl (C=O) groups excluding carboxylic acids is 2. The van der Waals surface area contributed by atoms with Crippen LogP contribution in [-0.2, 0) is 32.6 Å². The molecule has 0 bridgehead atoms. The second-order valence-electron chi connectivity index (χ2n) is 10.4. The first kappa shape index (κ1) is 30.7. The van der Waals surface area contributed by atoms with E-state index in [-0.39, 0.29) is 24.9 Å². The summed E-state index contributed by atoms with van der Waals surface area (Å²) in [5.41, 5.74) is 1.80. The van der Waals surface area contributed by atoms with Gasteiger partial charge in [0.15, 0.2) is 0 Å². The van der Waals surface area contributed by atoms with Crippen molar-refractivity contribution >= 4 is 43.5 Å². The van der Waals surface area contributed by atoms with Gasteiger partial charge in [-0.3, -0.25) is 13.9 Å². The van der Waals surface area contributed by atoms with Crippen molar-refractivity contribution in [2.45, 2.75) is 57.2 Å². The van der Waals surface area contributed by atoms with Gasteiger partial charge in [0.25, 0.3) is 0 Å². The van der Waals surface area contributed by atoms with Gasteiger partial charge in [-0.25, -0.2) is 12.8 Å². The third kappa shape index (κ3) is 8.63. The highest BCUT2D eigenvalue weighted by atomic mass is 79.9. The van der Waals surface area contributed by atoms with Crippen molar-refractivity contribution < 1.29 is 22.4 Å². The lowest BCUT2D eigenvalue weighted by Gasteiger charge is -2.35. The van der Waals surface area contributed by atoms with Crippen molar-refractivity contribution in [3.8, 4) is 0 Å². The van der Waals surface area contributed by atoms with Gasteiger partial charge in [-0.05, 0) is 64.2 Å². The Morgan fingerprint density at radius 2 is 1.56 bits per heavy atom. The van der Waals surface area contributed by atoms with Gasteiger partial charge in [0.2, 0.25) is 21.8 Å². The minimum atomic E-state index is -3.87. The maximum Gasteiger partial charge on any atom is 0.244 e. The van der Waals surface area contributed by atoms with E-state index in [0.717, 1.165) is 48.2 Å². The Labute approximate surface area is 249 Å². The number of halogens is 2. The number of amides is 2. The van der Waals surface area contributed by atoms with Crippen molar-refractivity contribution in [1.29, 1.82) is 0 Å². The lowest BCUT2D eigenvalue weighted by Crippen LogP contribution is -2.55. The third-order valence-electron chi connectivity index (χ3n) is 7.29. The predicted octanol–water partition coefficient (Wildman–Crippen LogP) is 5.44. The van der Waals surface area contributed by atoms with Crippen LogP contribution in [0.25, 0.3) is 0 Å². The Morgan fingerprint density at radius 3 is 2.20 bits per heavy atom. The van der Waals surface area contributed by atoms with E-state index >= 15 is 0 Å². The van der Waals surface area contributed by atoms with Crippen LogP contribution >= 0.6 is 15.9 Å². The van der Waals surface area contributed by atoms with E-state index in [2.05, 4.69) is 21.2 Å². The number of carbonyl (C=O) groups is 2. The van der Waals surface area contributed by atoms with E-state index in [1.165, 1.54) is 17.0 Å². The van der Waals surface area contributed by atoms with Crippen LogP contribution in [0.2, 0.25) is 0 Å². The molecule has 1 fully saturated rings. The monoisotopic (exact) mass is 643 g/mol. The van der Waals surface area contributed by atoms with Crippen molar-refractivity contribution in [3.63, 3.8) is 0 Å². The Kier molecular flexibility index (Phi) is 10.6. The van der Waals surface area contributed by atoms with Crippen LogP contribution in [0.1, 0.15) is 43.2 Å². The highest BCUT2D eigenvalue weighted by Crippen LogP contribution is 2.28. The molecule has 1 aliphatic rings. The van der Waals surface area contributed by atoms with Gasteiger partial charge in [0.1, 0.15) is 18.4 Å². The zero-order chi connectivity index (χ0) is 29.4. The molecule has 41 heavy (non-hydrogen) atoms. The van der Waals surface area contributed by atoms with Gasteiger partial charge in [0, 0.05) is 23.5 Å². The number of sulfonamides is 1. The summed E-state index contributed by atoms with van der Waals surface area (Å²) in [7, 11) is -3.87. The van der Waals surface area contributed by atoms with E-state index in [9.17, 15) is 22.4 Å². The molecular formula is C31H35BrFN3O4S. The standard InChI is InChI=1S/C31H35BrFN3O4S/c1-41(39,40)36(28-15-9-8-14-27(28)32)22-30(37)35(21-24-16-18-25(33)19-17-24)29(20-23-10-4-2-5-11-23)31(38)34-26-12-6-3-7-13-26/h2,4-5,8-11,14-19,26,29H,3,6-7,12-13,20-22H2,1H3,(H,34,38). The molecule has 0 spiro atoms. The van der Waals surface area contributed by atoms with Gasteiger partial charge in [-0.15, -0.1) is 0 Å². The molecule has 0 aromatic heterocycles. The van der Waals surface area contributed by atoms with Crippen LogP contribution in [-0.4, -0.2) is 50.0 Å². The van der Waals surface area contributed by atoms with Crippen molar-refractivity contribution in [2.75, 3.05) is 17.1 Å². The zero-order valence-electron chi connectivity index (χ0n) is 23.0.